The minimum atomic E-state index is -4.67. The van der Waals surface area contributed by atoms with Gasteiger partial charge in [-0.1, -0.05) is 148 Å². The van der Waals surface area contributed by atoms with E-state index < -0.39 is 64.5 Å². The number of rotatable bonds is 38. The quantitative estimate of drug-likeness (QED) is 0.0153. The van der Waals surface area contributed by atoms with Crippen molar-refractivity contribution in [3.63, 3.8) is 0 Å². The Kier molecular flexibility index (Phi) is 39.5. The molecule has 0 aliphatic carbocycles. The highest BCUT2D eigenvalue weighted by Gasteiger charge is 2.27. The molecule has 11 nitrogen and oxygen atoms in total. The molecule has 338 valence electrons. The van der Waals surface area contributed by atoms with Gasteiger partial charge < -0.3 is 29.7 Å². The Morgan fingerprint density at radius 3 is 1.70 bits per heavy atom. The Morgan fingerprint density at radius 2 is 1.12 bits per heavy atom. The fourth-order valence-electron chi connectivity index (χ4n) is 4.85. The molecular formula is C48H75O11P. The molecule has 0 heterocycles. The molecule has 4 N–H and O–H groups in total. The Morgan fingerprint density at radius 1 is 0.583 bits per heavy atom. The van der Waals surface area contributed by atoms with E-state index in [4.69, 9.17) is 19.1 Å². The van der Waals surface area contributed by atoms with Crippen LogP contribution in [0.5, 0.6) is 0 Å². The summed E-state index contributed by atoms with van der Waals surface area (Å²) in [5.74, 6) is -1.14. The van der Waals surface area contributed by atoms with Crippen LogP contribution in [0.2, 0.25) is 0 Å². The minimum absolute atomic E-state index is 0.0264. The molecule has 0 saturated carbocycles. The molecule has 4 atom stereocenters. The molecule has 0 aromatic heterocycles. The Labute approximate surface area is 360 Å². The molecule has 0 aliphatic rings. The average Bonchev–Trinajstić information content (AvgIpc) is 3.23. The molecule has 0 rings (SSSR count). The highest BCUT2D eigenvalue weighted by atomic mass is 31.2. The number of hydrogen-bond donors (Lipinski definition) is 4. The predicted octanol–water partition coefficient (Wildman–Crippen LogP) is 10.5. The van der Waals surface area contributed by atoms with Gasteiger partial charge in [0, 0.05) is 12.8 Å². The van der Waals surface area contributed by atoms with Gasteiger partial charge >= 0.3 is 19.8 Å². The molecule has 1 unspecified atom stereocenters. The molecule has 0 aromatic carbocycles. The highest BCUT2D eigenvalue weighted by molar-refractivity contribution is 7.47. The third kappa shape index (κ3) is 41.1. The first-order chi connectivity index (χ1) is 29.1. The Balaban J connectivity index is 4.60. The number of phosphoric ester groups is 1. The summed E-state index contributed by atoms with van der Waals surface area (Å²) < 4.78 is 32.5. The van der Waals surface area contributed by atoms with Gasteiger partial charge in [0.1, 0.15) is 12.7 Å². The molecule has 0 spiro atoms. The zero-order valence-electron chi connectivity index (χ0n) is 36.2. The maximum atomic E-state index is 12.6. The average molecular weight is 859 g/mol. The number of aliphatic hydroxyl groups is 3. The first-order valence-electron chi connectivity index (χ1n) is 21.6. The van der Waals surface area contributed by atoms with Gasteiger partial charge in [-0.05, 0) is 83.5 Å². The van der Waals surface area contributed by atoms with Crippen molar-refractivity contribution in [2.24, 2.45) is 0 Å². The van der Waals surface area contributed by atoms with Crippen molar-refractivity contribution in [2.45, 2.75) is 141 Å². The van der Waals surface area contributed by atoms with Crippen molar-refractivity contribution >= 4 is 19.8 Å². The first kappa shape index (κ1) is 56.3. The number of hydrogen-bond acceptors (Lipinski definition) is 10. The van der Waals surface area contributed by atoms with Crippen molar-refractivity contribution < 1.29 is 52.9 Å². The van der Waals surface area contributed by atoms with Crippen LogP contribution in [0.4, 0.5) is 0 Å². The second kappa shape index (κ2) is 42.0. The monoisotopic (exact) mass is 859 g/mol. The molecular weight excluding hydrogens is 783 g/mol. The number of esters is 2. The summed E-state index contributed by atoms with van der Waals surface area (Å²) >= 11 is 0. The number of allylic oxidation sites excluding steroid dienone is 18. The van der Waals surface area contributed by atoms with E-state index in [-0.39, 0.29) is 12.8 Å². The lowest BCUT2D eigenvalue weighted by atomic mass is 10.2. The summed E-state index contributed by atoms with van der Waals surface area (Å²) in [4.78, 5) is 34.9. The third-order valence-corrected chi connectivity index (χ3v) is 9.14. The van der Waals surface area contributed by atoms with E-state index in [2.05, 4.69) is 79.1 Å². The second-order valence-electron chi connectivity index (χ2n) is 13.8. The van der Waals surface area contributed by atoms with Gasteiger partial charge in [0.15, 0.2) is 6.10 Å². The largest absolute Gasteiger partial charge is 0.472 e. The van der Waals surface area contributed by atoms with Gasteiger partial charge in [-0.3, -0.25) is 18.6 Å². The van der Waals surface area contributed by atoms with E-state index >= 15 is 0 Å². The fraction of sp³-hybridized carbons (Fsp3) is 0.542. The van der Waals surface area contributed by atoms with Crippen LogP contribution in [0, 0.1) is 0 Å². The van der Waals surface area contributed by atoms with Crippen molar-refractivity contribution in [1.29, 1.82) is 0 Å². The molecule has 0 amide bonds. The first-order valence-corrected chi connectivity index (χ1v) is 23.1. The van der Waals surface area contributed by atoms with Crippen molar-refractivity contribution in [3.8, 4) is 0 Å². The lowest BCUT2D eigenvalue weighted by Crippen LogP contribution is -2.29. The molecule has 0 aliphatic heterocycles. The summed E-state index contributed by atoms with van der Waals surface area (Å²) in [5, 5.41) is 28.4. The summed E-state index contributed by atoms with van der Waals surface area (Å²) in [6.45, 7) is 1.96. The van der Waals surface area contributed by atoms with Crippen LogP contribution in [0.1, 0.15) is 123 Å². The molecule has 0 saturated heterocycles. The normalized spacial score (nSPS) is 15.5. The Hall–Kier alpha value is -3.67. The van der Waals surface area contributed by atoms with Crippen LogP contribution < -0.4 is 0 Å². The van der Waals surface area contributed by atoms with Gasteiger partial charge in [0.05, 0.1) is 25.9 Å². The summed E-state index contributed by atoms with van der Waals surface area (Å²) in [5.41, 5.74) is 0. The van der Waals surface area contributed by atoms with E-state index in [0.29, 0.717) is 38.5 Å². The third-order valence-electron chi connectivity index (χ3n) is 8.19. The number of ether oxygens (including phenoxy) is 2. The van der Waals surface area contributed by atoms with Gasteiger partial charge in [0.2, 0.25) is 0 Å². The van der Waals surface area contributed by atoms with Gasteiger partial charge in [0.25, 0.3) is 0 Å². The molecule has 0 radical (unpaired) electrons. The van der Waals surface area contributed by atoms with Crippen molar-refractivity contribution in [3.05, 3.63) is 122 Å². The molecule has 60 heavy (non-hydrogen) atoms. The predicted molar refractivity (Wildman–Crippen MR) is 243 cm³/mol. The zero-order chi connectivity index (χ0) is 44.2. The van der Waals surface area contributed by atoms with Crippen LogP contribution in [0.25, 0.3) is 0 Å². The standard InChI is InChI=1S/C48H75O11P/c1-3-5-7-9-11-12-13-14-15-16-17-18-19-20-21-22-26-31-35-39-48(53)59-46(43-58-60(54,55)57-41-45(51)40-49)42-56-47(52)38-34-30-27-23-25-29-33-37-44(50)36-32-28-24-10-8-6-4-2/h5,7,11-12,14-15,17-18,20-21,23-24,26-29,31-33,36,44-46,49-51H,3-4,6,8-10,13,16,19,22,25,30,34-35,37-43H2,1-2H3,(H,54,55)/b7-5-,12-11-,15-14-,18-17-,21-20-,27-23+,28-24-,31-26-,33-29-,36-32-/t44-,45+,46-/m1/s1. The lowest BCUT2D eigenvalue weighted by Gasteiger charge is -2.20. The fourth-order valence-corrected chi connectivity index (χ4v) is 5.64. The second-order valence-corrected chi connectivity index (χ2v) is 15.3. The smallest absolute Gasteiger partial charge is 0.462 e. The van der Waals surface area contributed by atoms with E-state index in [1.807, 2.05) is 54.7 Å². The highest BCUT2D eigenvalue weighted by Crippen LogP contribution is 2.43. The summed E-state index contributed by atoms with van der Waals surface area (Å²) in [6.07, 6.45) is 50.6. The number of carbonyl (C=O) groups is 2. The van der Waals surface area contributed by atoms with Crippen LogP contribution in [0.3, 0.4) is 0 Å². The van der Waals surface area contributed by atoms with Crippen LogP contribution >= 0.6 is 7.82 Å². The van der Waals surface area contributed by atoms with Crippen molar-refractivity contribution in [2.75, 3.05) is 26.4 Å². The lowest BCUT2D eigenvalue weighted by molar-refractivity contribution is -0.161. The van der Waals surface area contributed by atoms with E-state index in [9.17, 15) is 29.3 Å². The maximum absolute atomic E-state index is 12.6. The number of unbranched alkanes of at least 4 members (excludes halogenated alkanes) is 4. The molecule has 0 fully saturated rings. The number of phosphoric acid groups is 1. The zero-order valence-corrected chi connectivity index (χ0v) is 37.1. The molecule has 0 aromatic rings. The van der Waals surface area contributed by atoms with Gasteiger partial charge in [-0.2, -0.15) is 0 Å². The molecule has 0 bridgehead atoms. The summed E-state index contributed by atoms with van der Waals surface area (Å²) in [6, 6.07) is 0. The van der Waals surface area contributed by atoms with Crippen molar-refractivity contribution in [1.82, 2.24) is 0 Å². The van der Waals surface area contributed by atoms with Crippen LogP contribution in [-0.4, -0.2) is 76.9 Å². The van der Waals surface area contributed by atoms with E-state index in [1.54, 1.807) is 6.08 Å². The maximum Gasteiger partial charge on any atom is 0.472 e. The molecule has 12 heteroatoms. The minimum Gasteiger partial charge on any atom is -0.462 e. The van der Waals surface area contributed by atoms with Gasteiger partial charge in [-0.25, -0.2) is 4.57 Å². The van der Waals surface area contributed by atoms with E-state index in [0.717, 1.165) is 38.5 Å². The SMILES string of the molecule is CC/C=C\C/C=C\C/C=C\C/C=C\C/C=C\C/C=C\CCC(=O)O[C@H](COC(=O)CCC/C=C/C/C=C\C[C@H](O)/C=C\C=C/CCCCC)COP(=O)(O)OC[C@@H](O)CO. The van der Waals surface area contributed by atoms with Crippen LogP contribution in [-0.2, 0) is 32.7 Å². The van der Waals surface area contributed by atoms with E-state index in [1.165, 1.54) is 19.3 Å². The van der Waals surface area contributed by atoms with Gasteiger partial charge in [-0.15, -0.1) is 0 Å². The summed E-state index contributed by atoms with van der Waals surface area (Å²) in [7, 11) is -4.67. The van der Waals surface area contributed by atoms with Crippen LogP contribution in [0.15, 0.2) is 122 Å². The number of aliphatic hydroxyl groups excluding tert-OH is 3. The Bertz CT molecular complexity index is 1420. The topological polar surface area (TPSA) is 169 Å². The number of carbonyl (C=O) groups excluding carboxylic acids is 2.